The zero-order chi connectivity index (χ0) is 43.7. The van der Waals surface area contributed by atoms with Crippen LogP contribution in [0.25, 0.3) is 26.8 Å². The quantitative estimate of drug-likeness (QED) is 0.0222. The molecule has 1 fully saturated rings. The van der Waals surface area contributed by atoms with Gasteiger partial charge in [-0.25, -0.2) is 4.98 Å². The van der Waals surface area contributed by atoms with Crippen molar-refractivity contribution < 1.29 is 43.2 Å². The fourth-order valence-electron chi connectivity index (χ4n) is 6.71. The third-order valence-electron chi connectivity index (χ3n) is 9.79. The average molecular weight is 842 g/mol. The summed E-state index contributed by atoms with van der Waals surface area (Å²) in [6, 6.07) is 14.1. The molecule has 328 valence electrons. The Labute approximate surface area is 357 Å². The largest absolute Gasteiger partial charge is 0.491 e. The maximum absolute atomic E-state index is 13.6. The Morgan fingerprint density at radius 2 is 1.67 bits per heavy atom. The molecule has 1 aliphatic heterocycles. The molecule has 0 saturated carbocycles. The number of azide groups is 1. The van der Waals surface area contributed by atoms with Crippen LogP contribution in [-0.4, -0.2) is 124 Å². The highest BCUT2D eigenvalue weighted by atomic mass is 16.6. The van der Waals surface area contributed by atoms with Gasteiger partial charge in [0.2, 0.25) is 11.8 Å². The van der Waals surface area contributed by atoms with Gasteiger partial charge in [0.05, 0.1) is 65.3 Å². The second-order valence-corrected chi connectivity index (χ2v) is 14.2. The van der Waals surface area contributed by atoms with Gasteiger partial charge in [-0.2, -0.15) is 0 Å². The van der Waals surface area contributed by atoms with Crippen molar-refractivity contribution in [2.45, 2.75) is 58.0 Å². The van der Waals surface area contributed by atoms with E-state index in [0.29, 0.717) is 110 Å². The van der Waals surface area contributed by atoms with Crippen LogP contribution in [-0.2, 0) is 33.3 Å². The van der Waals surface area contributed by atoms with Crippen LogP contribution in [0.2, 0.25) is 0 Å². The number of aliphatic carboxylic acids is 1. The van der Waals surface area contributed by atoms with E-state index in [-0.39, 0.29) is 24.7 Å². The third kappa shape index (κ3) is 16.7. The minimum atomic E-state index is -1.08. The van der Waals surface area contributed by atoms with Crippen LogP contribution in [0.5, 0.6) is 5.75 Å². The number of hydrogen-bond donors (Lipinski definition) is 3. The Hall–Kier alpha value is -5.77. The van der Waals surface area contributed by atoms with Crippen LogP contribution in [0.1, 0.15) is 50.2 Å². The number of rotatable bonds is 29. The fourth-order valence-corrected chi connectivity index (χ4v) is 6.71. The smallest absolute Gasteiger partial charge is 0.305 e. The molecule has 0 unspecified atom stereocenters. The van der Waals surface area contributed by atoms with Gasteiger partial charge in [-0.05, 0) is 84.5 Å². The number of aromatic nitrogens is 1. The van der Waals surface area contributed by atoms with Crippen LogP contribution in [0.3, 0.4) is 0 Å². The number of pyridine rings is 1. The summed E-state index contributed by atoms with van der Waals surface area (Å²) in [4.78, 5) is 47.3. The summed E-state index contributed by atoms with van der Waals surface area (Å²) in [5.74, 6) is -0.119. The van der Waals surface area contributed by atoms with Crippen molar-refractivity contribution in [3.8, 4) is 5.75 Å². The maximum atomic E-state index is 13.6. The molecule has 0 aliphatic carbocycles. The standard InChI is InChI=1S/C45H59N7O9/c1-4-35(36-15-16-41(38-10-6-5-9-37(36)38)61-30-29-60-28-27-59-26-25-58-24-23-57-22-20-49-51-46)14-13-34(3)39(32-44(54)55)50-45(56)40-11-8-21-52(40)43(53)12-7-18-47-42-31-33(2)17-19-48-42/h4-6,9-10,13-17,19,31,39-40H,3,7-8,11-12,18,20-30,32H2,1-2H3,(H,47,48)(H,50,56)(H,54,55)/b14-13-,35-4+/t39-,40-/m0/s1. The number of likely N-dealkylation sites (tertiary alicyclic amines) is 1. The molecule has 16 heteroatoms. The van der Waals surface area contributed by atoms with Crippen molar-refractivity contribution >= 4 is 39.9 Å². The Kier molecular flexibility index (Phi) is 21.3. The minimum Gasteiger partial charge on any atom is -0.491 e. The molecular weight excluding hydrogens is 783 g/mol. The van der Waals surface area contributed by atoms with Gasteiger partial charge in [-0.3, -0.25) is 14.4 Å². The zero-order valence-corrected chi connectivity index (χ0v) is 35.3. The Morgan fingerprint density at radius 1 is 0.984 bits per heavy atom. The molecule has 2 atom stereocenters. The molecule has 3 N–H and O–H groups in total. The minimum absolute atomic E-state index is 0.111. The lowest BCUT2D eigenvalue weighted by molar-refractivity contribution is -0.140. The van der Waals surface area contributed by atoms with Gasteiger partial charge in [0, 0.05) is 42.5 Å². The number of anilines is 1. The number of carbonyl (C=O) groups is 3. The molecule has 2 heterocycles. The summed E-state index contributed by atoms with van der Waals surface area (Å²) in [7, 11) is 0. The summed E-state index contributed by atoms with van der Waals surface area (Å²) in [6.45, 7) is 13.0. The summed E-state index contributed by atoms with van der Waals surface area (Å²) < 4.78 is 28.0. The molecule has 1 aromatic heterocycles. The van der Waals surface area contributed by atoms with E-state index in [9.17, 15) is 19.5 Å². The van der Waals surface area contributed by atoms with Crippen molar-refractivity contribution in [2.75, 3.05) is 84.4 Å². The number of carboxylic acids is 1. The number of allylic oxidation sites excluding steroid dienone is 3. The van der Waals surface area contributed by atoms with E-state index in [1.54, 1.807) is 17.2 Å². The van der Waals surface area contributed by atoms with Crippen molar-refractivity contribution in [1.29, 1.82) is 0 Å². The van der Waals surface area contributed by atoms with E-state index < -0.39 is 18.1 Å². The molecule has 3 aromatic rings. The predicted octanol–water partition coefficient (Wildman–Crippen LogP) is 6.66. The SMILES string of the molecule is C=C(/C=C\C(=C/C)c1ccc(OCCOCCOCCOCCOCCN=[N+]=[N-])c2ccccc12)[C@H](CC(=O)O)NC(=O)[C@@H]1CCCN1C(=O)CCCNc1cc(C)ccn1. The number of nitrogens with zero attached hydrogens (tertiary/aromatic N) is 5. The summed E-state index contributed by atoms with van der Waals surface area (Å²) >= 11 is 0. The normalized spacial score (nSPS) is 14.5. The van der Waals surface area contributed by atoms with E-state index >= 15 is 0 Å². The van der Waals surface area contributed by atoms with Gasteiger partial charge in [-0.1, -0.05) is 60.3 Å². The van der Waals surface area contributed by atoms with Crippen LogP contribution in [0.4, 0.5) is 5.82 Å². The molecular formula is C45H59N7O9. The number of carboxylic acid groups (broad SMARTS) is 1. The summed E-state index contributed by atoms with van der Waals surface area (Å²) in [6.07, 6.45) is 8.97. The van der Waals surface area contributed by atoms with Crippen molar-refractivity contribution in [1.82, 2.24) is 15.2 Å². The van der Waals surface area contributed by atoms with E-state index in [1.807, 2.05) is 74.5 Å². The molecule has 0 bridgehead atoms. The number of aryl methyl sites for hydroxylation is 1. The molecule has 1 aliphatic rings. The van der Waals surface area contributed by atoms with E-state index in [1.165, 1.54) is 0 Å². The fraction of sp³-hybridized carbons (Fsp3) is 0.467. The second kappa shape index (κ2) is 27.2. The van der Waals surface area contributed by atoms with Gasteiger partial charge >= 0.3 is 5.97 Å². The van der Waals surface area contributed by atoms with Gasteiger partial charge in [-0.15, -0.1) is 0 Å². The lowest BCUT2D eigenvalue weighted by Crippen LogP contribution is -2.49. The Morgan fingerprint density at radius 3 is 2.34 bits per heavy atom. The third-order valence-corrected chi connectivity index (χ3v) is 9.79. The topological polar surface area (TPSA) is 207 Å². The molecule has 2 amide bonds. The predicted molar refractivity (Wildman–Crippen MR) is 234 cm³/mol. The number of hydrogen-bond acceptors (Lipinski definition) is 11. The first-order chi connectivity index (χ1) is 29.7. The highest BCUT2D eigenvalue weighted by molar-refractivity contribution is 5.99. The first-order valence-corrected chi connectivity index (χ1v) is 20.7. The molecule has 61 heavy (non-hydrogen) atoms. The van der Waals surface area contributed by atoms with Crippen molar-refractivity contribution in [3.63, 3.8) is 0 Å². The number of fused-ring (bicyclic) bond motifs is 1. The highest BCUT2D eigenvalue weighted by Crippen LogP contribution is 2.33. The summed E-state index contributed by atoms with van der Waals surface area (Å²) in [5.41, 5.74) is 11.6. The first-order valence-electron chi connectivity index (χ1n) is 20.7. The number of benzene rings is 2. The highest BCUT2D eigenvalue weighted by Gasteiger charge is 2.35. The first kappa shape index (κ1) is 47.9. The molecule has 0 spiro atoms. The van der Waals surface area contributed by atoms with Crippen LogP contribution in [0, 0.1) is 6.92 Å². The van der Waals surface area contributed by atoms with Crippen molar-refractivity contribution in [2.24, 2.45) is 5.11 Å². The van der Waals surface area contributed by atoms with E-state index in [4.69, 9.17) is 29.2 Å². The molecule has 1 saturated heterocycles. The van der Waals surface area contributed by atoms with E-state index in [2.05, 4.69) is 32.2 Å². The van der Waals surface area contributed by atoms with Crippen LogP contribution < -0.4 is 15.4 Å². The number of nitrogens with one attached hydrogen (secondary N) is 2. The van der Waals surface area contributed by atoms with Crippen LogP contribution in [0.15, 0.2) is 90.2 Å². The van der Waals surface area contributed by atoms with Gasteiger partial charge in [0.25, 0.3) is 0 Å². The number of amides is 2. The molecule has 16 nitrogen and oxygen atoms in total. The van der Waals surface area contributed by atoms with Gasteiger partial charge < -0.3 is 44.3 Å². The number of carbonyl (C=O) groups excluding carboxylic acids is 2. The van der Waals surface area contributed by atoms with Gasteiger partial charge in [0.15, 0.2) is 0 Å². The average Bonchev–Trinajstić information content (AvgIpc) is 3.76. The van der Waals surface area contributed by atoms with Crippen LogP contribution >= 0.6 is 0 Å². The lowest BCUT2D eigenvalue weighted by atomic mass is 9.95. The molecule has 2 aromatic carbocycles. The lowest BCUT2D eigenvalue weighted by Gasteiger charge is -2.26. The Balaban J connectivity index is 1.24. The Bertz CT molecular complexity index is 2000. The molecule has 4 rings (SSSR count). The van der Waals surface area contributed by atoms with Gasteiger partial charge in [0.1, 0.15) is 24.2 Å². The number of ether oxygens (including phenoxy) is 5. The zero-order valence-electron chi connectivity index (χ0n) is 35.3. The summed E-state index contributed by atoms with van der Waals surface area (Å²) in [5, 5.41) is 21.2. The van der Waals surface area contributed by atoms with Crippen molar-refractivity contribution in [3.05, 3.63) is 107 Å². The van der Waals surface area contributed by atoms with E-state index in [0.717, 1.165) is 33.3 Å². The second-order valence-electron chi connectivity index (χ2n) is 14.2. The molecule has 0 radical (unpaired) electrons. The maximum Gasteiger partial charge on any atom is 0.305 e. The monoisotopic (exact) mass is 841 g/mol.